The molecule has 0 radical (unpaired) electrons. The maximum absolute atomic E-state index is 14.5. The number of carbonyl (C=O) groups is 11. The number of anilines is 2. The molecular formula is C65H84N14O17S. The molecule has 1 fully saturated rings. The SMILES string of the molecule is CCc1nc(C)oc1C(=O)Nc1nc2cc(C(N)=O)cc(OC)c2n1C/C=C/Cn1c(NC(=O)c2oc(CCC(CC)CCCCC(C)C)nc2CC)nc2cc(C(N)=O)cc(OCCCOC(=O)[C@@H](C)NC(=O)CNC(=O)[C@@H](CCC(=O)O)NC(=O)CN3C(=O)CC(S)C3=O)c21. The smallest absolute Gasteiger partial charge is 0.328 e. The third kappa shape index (κ3) is 19.7. The van der Waals surface area contributed by atoms with Crippen molar-refractivity contribution in [1.29, 1.82) is 0 Å². The number of oxazole rings is 2. The zero-order valence-electron chi connectivity index (χ0n) is 55.5. The summed E-state index contributed by atoms with van der Waals surface area (Å²) in [6.07, 6.45) is 9.93. The number of aromatic nitrogens is 6. The van der Waals surface area contributed by atoms with Crippen LogP contribution in [0.3, 0.4) is 0 Å². The zero-order chi connectivity index (χ0) is 70.8. The molecule has 97 heavy (non-hydrogen) atoms. The number of aliphatic carboxylic acids is 1. The average molecular weight is 1370 g/mol. The maximum Gasteiger partial charge on any atom is 0.328 e. The lowest BCUT2D eigenvalue weighted by Gasteiger charge is -2.20. The molecule has 31 nitrogen and oxygen atoms in total. The standard InChI is InChI=1S/C65H84N14O17S/c1-9-37(18-13-12-17-34(4)5)19-21-50-72-41(11-3)56(96-50)61(89)76-65-74-44-28-39(58(67)86)30-46(93-25-16-26-94-63(91)35(6)69-48(80)32-68-59(87)42(20-22-52(83)84)71-49(81)33-79-51(82)31-47(97)62(79)90)54(44)78(65)24-15-14-23-77-53-43(27-38(57(66)85)29-45(53)92-8)73-64(77)75-60(88)55-40(10-2)70-36(7)95-55/h14-15,27-30,34-35,37,42,47,97H,9-13,16-26,31-33H2,1-8H3,(H2,66,85)(H2,67,86)(H,68,87)(H,69,80)(H,71,81)(H,83,84)(H,73,75,88)(H,74,76,89)/b15-14+/t35-,37?,42-,47?/m1/s1. The number of fused-ring (bicyclic) bond motifs is 2. The van der Waals surface area contributed by atoms with E-state index in [1.54, 1.807) is 28.2 Å². The van der Waals surface area contributed by atoms with E-state index in [0.29, 0.717) is 58.8 Å². The second-order valence-electron chi connectivity index (χ2n) is 23.6. The van der Waals surface area contributed by atoms with E-state index in [4.69, 9.17) is 44.5 Å². The van der Waals surface area contributed by atoms with Crippen LogP contribution >= 0.6 is 12.6 Å². The number of carboxylic acid groups (broad SMARTS) is 1. The number of carbonyl (C=O) groups excluding carboxylic acids is 10. The number of carboxylic acids is 1. The Kier molecular flexibility index (Phi) is 26.4. The molecule has 4 aromatic heterocycles. The first-order chi connectivity index (χ1) is 46.2. The van der Waals surface area contributed by atoms with E-state index in [0.717, 1.165) is 32.1 Å². The van der Waals surface area contributed by atoms with Crippen LogP contribution in [0.15, 0.2) is 45.3 Å². The lowest BCUT2D eigenvalue weighted by molar-refractivity contribution is -0.147. The van der Waals surface area contributed by atoms with Gasteiger partial charge in [0.1, 0.15) is 41.2 Å². The third-order valence-corrected chi connectivity index (χ3v) is 16.4. The number of methoxy groups -OCH3 is 1. The van der Waals surface area contributed by atoms with Gasteiger partial charge in [0.05, 0.1) is 54.5 Å². The number of ether oxygens (including phenoxy) is 3. The molecule has 2 aromatic carbocycles. The van der Waals surface area contributed by atoms with Gasteiger partial charge in [-0.25, -0.2) is 24.7 Å². The molecule has 6 aromatic rings. The largest absolute Gasteiger partial charge is 0.494 e. The second kappa shape index (κ2) is 34.5. The van der Waals surface area contributed by atoms with Crippen LogP contribution < -0.4 is 47.5 Å². The summed E-state index contributed by atoms with van der Waals surface area (Å²) in [6, 6.07) is 3.00. The quantitative estimate of drug-likeness (QED) is 0.00782. The Morgan fingerprint density at radius 2 is 1.33 bits per heavy atom. The number of likely N-dealkylation sites (tertiary alicyclic amines) is 1. The number of rotatable bonds is 38. The highest BCUT2D eigenvalue weighted by molar-refractivity contribution is 7.81. The molecule has 0 saturated carbocycles. The van der Waals surface area contributed by atoms with Crippen LogP contribution in [0.1, 0.15) is 171 Å². The molecule has 2 unspecified atom stereocenters. The van der Waals surface area contributed by atoms with Crippen molar-refractivity contribution in [3.05, 3.63) is 82.2 Å². The van der Waals surface area contributed by atoms with Crippen LogP contribution in [0.2, 0.25) is 0 Å². The molecule has 4 atom stereocenters. The van der Waals surface area contributed by atoms with Crippen LogP contribution in [-0.4, -0.2) is 155 Å². The Labute approximate surface area is 563 Å². The lowest BCUT2D eigenvalue weighted by Crippen LogP contribution is -2.52. The van der Waals surface area contributed by atoms with Gasteiger partial charge in [-0.05, 0) is 68.7 Å². The van der Waals surface area contributed by atoms with E-state index in [2.05, 4.69) is 70.0 Å². The Bertz CT molecular complexity index is 3960. The molecule has 1 aliphatic heterocycles. The second-order valence-corrected chi connectivity index (χ2v) is 24.3. The minimum atomic E-state index is -1.48. The number of hydrogen-bond donors (Lipinski definition) is 9. The molecule has 9 amide bonds. The fraction of sp³-hybridized carbons (Fsp3) is 0.492. The first-order valence-corrected chi connectivity index (χ1v) is 32.6. The number of aryl methyl sites for hydroxylation is 4. The summed E-state index contributed by atoms with van der Waals surface area (Å²) in [6.45, 7) is 11.3. The molecule has 0 bridgehead atoms. The molecule has 10 N–H and O–H groups in total. The Balaban J connectivity index is 1.10. The van der Waals surface area contributed by atoms with E-state index in [9.17, 15) is 57.8 Å². The van der Waals surface area contributed by atoms with Gasteiger partial charge in [0.15, 0.2) is 11.8 Å². The third-order valence-electron chi connectivity index (χ3n) is 16.0. The van der Waals surface area contributed by atoms with E-state index in [1.807, 2.05) is 13.8 Å². The molecule has 7 rings (SSSR count). The number of benzene rings is 2. The summed E-state index contributed by atoms with van der Waals surface area (Å²) in [5.74, 6) is -7.07. The van der Waals surface area contributed by atoms with Gasteiger partial charge in [0, 0.05) is 56.8 Å². The molecule has 1 aliphatic rings. The van der Waals surface area contributed by atoms with Gasteiger partial charge in [-0.1, -0.05) is 78.9 Å². The number of nitrogens with one attached hydrogen (secondary N) is 5. The van der Waals surface area contributed by atoms with Crippen LogP contribution in [-0.2, 0) is 70.7 Å². The minimum absolute atomic E-state index is 0.00613. The van der Waals surface area contributed by atoms with Gasteiger partial charge >= 0.3 is 11.9 Å². The number of esters is 1. The zero-order valence-corrected chi connectivity index (χ0v) is 56.4. The van der Waals surface area contributed by atoms with Crippen molar-refractivity contribution in [2.75, 3.05) is 44.0 Å². The lowest BCUT2D eigenvalue weighted by atomic mass is 9.93. The van der Waals surface area contributed by atoms with Gasteiger partial charge in [-0.3, -0.25) is 63.5 Å². The molecule has 1 saturated heterocycles. The maximum atomic E-state index is 14.5. The number of thiol groups is 1. The van der Waals surface area contributed by atoms with Crippen LogP contribution in [0.4, 0.5) is 11.9 Å². The molecule has 0 aliphatic carbocycles. The van der Waals surface area contributed by atoms with Crippen molar-refractivity contribution in [2.45, 2.75) is 162 Å². The van der Waals surface area contributed by atoms with Crippen molar-refractivity contribution in [3.8, 4) is 11.5 Å². The fourth-order valence-electron chi connectivity index (χ4n) is 10.8. The van der Waals surface area contributed by atoms with Gasteiger partial charge in [0.25, 0.3) is 11.8 Å². The number of nitrogens with zero attached hydrogens (tertiary/aromatic N) is 7. The topological polar surface area (TPSA) is 439 Å². The number of unbranched alkanes of at least 4 members (excludes halogenated alkanes) is 1. The molecule has 522 valence electrons. The molecular weight excluding hydrogens is 1280 g/mol. The van der Waals surface area contributed by atoms with Crippen LogP contribution in [0.5, 0.6) is 11.5 Å². The number of imide groups is 1. The molecule has 32 heteroatoms. The van der Waals surface area contributed by atoms with Crippen molar-refractivity contribution in [2.24, 2.45) is 23.3 Å². The van der Waals surface area contributed by atoms with E-state index in [-0.39, 0.29) is 108 Å². The number of imidazole rings is 2. The van der Waals surface area contributed by atoms with E-state index >= 15 is 0 Å². The number of allylic oxidation sites excluding steroid dienone is 2. The Hall–Kier alpha value is -10.1. The fourth-order valence-corrected chi connectivity index (χ4v) is 11.1. The monoisotopic (exact) mass is 1360 g/mol. The van der Waals surface area contributed by atoms with Crippen molar-refractivity contribution in [1.82, 2.24) is 49.9 Å². The van der Waals surface area contributed by atoms with Crippen LogP contribution in [0.25, 0.3) is 22.1 Å². The van der Waals surface area contributed by atoms with E-state index < -0.39 is 108 Å². The number of nitrogens with two attached hydrogens (primary N) is 2. The van der Waals surface area contributed by atoms with Crippen LogP contribution in [0, 0.1) is 18.8 Å². The predicted molar refractivity (Wildman–Crippen MR) is 355 cm³/mol. The number of primary amides is 2. The van der Waals surface area contributed by atoms with Crippen molar-refractivity contribution in [3.63, 3.8) is 0 Å². The Morgan fingerprint density at radius 3 is 1.89 bits per heavy atom. The molecule has 5 heterocycles. The highest BCUT2D eigenvalue weighted by atomic mass is 32.1. The van der Waals surface area contributed by atoms with Crippen molar-refractivity contribution >= 4 is 112 Å². The highest BCUT2D eigenvalue weighted by Gasteiger charge is 2.38. The summed E-state index contributed by atoms with van der Waals surface area (Å²) >= 11 is 4.02. The minimum Gasteiger partial charge on any atom is -0.494 e. The highest BCUT2D eigenvalue weighted by Crippen LogP contribution is 2.34. The summed E-state index contributed by atoms with van der Waals surface area (Å²) in [5.41, 5.74) is 13.6. The summed E-state index contributed by atoms with van der Waals surface area (Å²) in [4.78, 5) is 161. The van der Waals surface area contributed by atoms with Crippen molar-refractivity contribution < 1.29 is 80.9 Å². The Morgan fingerprint density at radius 1 is 0.742 bits per heavy atom. The summed E-state index contributed by atoms with van der Waals surface area (Å²) in [7, 11) is 1.40. The number of hydrogen-bond acceptors (Lipinski definition) is 21. The van der Waals surface area contributed by atoms with Gasteiger partial charge in [0.2, 0.25) is 64.8 Å². The number of amides is 9. The van der Waals surface area contributed by atoms with Gasteiger partial charge in [-0.15, -0.1) is 0 Å². The average Bonchev–Trinajstić information content (AvgIpc) is 1.63. The molecule has 0 spiro atoms. The predicted octanol–water partition coefficient (Wildman–Crippen LogP) is 5.28. The summed E-state index contributed by atoms with van der Waals surface area (Å²) < 4.78 is 32.6. The van der Waals surface area contributed by atoms with Gasteiger partial charge < -0.3 is 64.7 Å². The first kappa shape index (κ1) is 74.3. The normalized spacial score (nSPS) is 14.0. The van der Waals surface area contributed by atoms with Gasteiger partial charge in [-0.2, -0.15) is 12.6 Å². The first-order valence-electron chi connectivity index (χ1n) is 32.1. The van der Waals surface area contributed by atoms with E-state index in [1.165, 1.54) is 44.7 Å². The summed E-state index contributed by atoms with van der Waals surface area (Å²) in [5, 5.41) is 21.0.